The summed E-state index contributed by atoms with van der Waals surface area (Å²) in [6.45, 7) is 3.69. The van der Waals surface area contributed by atoms with Crippen molar-refractivity contribution in [1.29, 1.82) is 0 Å². The molecule has 0 saturated carbocycles. The van der Waals surface area contributed by atoms with Crippen molar-refractivity contribution in [1.82, 2.24) is 10.1 Å². The number of hydrogen-bond acceptors (Lipinski definition) is 5. The lowest BCUT2D eigenvalue weighted by atomic mass is 10.4. The van der Waals surface area contributed by atoms with Crippen molar-refractivity contribution in [2.24, 2.45) is 0 Å². The van der Waals surface area contributed by atoms with Crippen molar-refractivity contribution in [2.75, 3.05) is 25.0 Å². The Kier molecular flexibility index (Phi) is 4.65. The maximum absolute atomic E-state index is 11.6. The number of aliphatic hydroxyl groups excluding tert-OH is 1. The van der Waals surface area contributed by atoms with Gasteiger partial charge in [0.05, 0.1) is 6.61 Å². The number of anilines is 1. The minimum Gasteiger partial charge on any atom is -0.395 e. The molecular formula is C10H15N3O4. The summed E-state index contributed by atoms with van der Waals surface area (Å²) in [5, 5.41) is 14.6. The van der Waals surface area contributed by atoms with Crippen LogP contribution in [-0.2, 0) is 9.59 Å². The van der Waals surface area contributed by atoms with Gasteiger partial charge in [0.1, 0.15) is 5.76 Å². The molecule has 1 heterocycles. The maximum atomic E-state index is 11.6. The van der Waals surface area contributed by atoms with Crippen molar-refractivity contribution in [2.45, 2.75) is 13.8 Å². The number of amides is 2. The number of carbonyl (C=O) groups is 2. The van der Waals surface area contributed by atoms with Gasteiger partial charge in [0.15, 0.2) is 5.82 Å². The second-order valence-corrected chi connectivity index (χ2v) is 3.39. The third-order valence-electron chi connectivity index (χ3n) is 2.10. The van der Waals surface area contributed by atoms with Gasteiger partial charge in [-0.05, 0) is 13.8 Å². The first-order valence-electron chi connectivity index (χ1n) is 5.23. The van der Waals surface area contributed by atoms with E-state index < -0.39 is 11.8 Å². The van der Waals surface area contributed by atoms with E-state index in [2.05, 4.69) is 10.5 Å². The van der Waals surface area contributed by atoms with Crippen LogP contribution < -0.4 is 5.32 Å². The Labute approximate surface area is 98.4 Å². The van der Waals surface area contributed by atoms with E-state index >= 15 is 0 Å². The smallest absolute Gasteiger partial charge is 0.315 e. The van der Waals surface area contributed by atoms with Gasteiger partial charge in [0, 0.05) is 19.2 Å². The molecule has 0 fully saturated rings. The number of nitrogens with zero attached hydrogens (tertiary/aromatic N) is 2. The molecule has 94 valence electrons. The van der Waals surface area contributed by atoms with E-state index in [4.69, 9.17) is 9.63 Å². The molecule has 0 aromatic carbocycles. The summed E-state index contributed by atoms with van der Waals surface area (Å²) in [6, 6.07) is 1.51. The van der Waals surface area contributed by atoms with Crippen molar-refractivity contribution in [3.8, 4) is 0 Å². The fourth-order valence-corrected chi connectivity index (χ4v) is 1.26. The van der Waals surface area contributed by atoms with Gasteiger partial charge >= 0.3 is 11.8 Å². The highest BCUT2D eigenvalue weighted by Crippen LogP contribution is 2.07. The Balaban J connectivity index is 2.60. The molecule has 0 unspecified atom stereocenters. The SMILES string of the molecule is CCN(CCO)C(=O)C(=O)Nc1cc(C)on1. The molecule has 1 aromatic rings. The molecule has 1 rings (SSSR count). The zero-order valence-electron chi connectivity index (χ0n) is 9.77. The van der Waals surface area contributed by atoms with Gasteiger partial charge in [-0.2, -0.15) is 0 Å². The van der Waals surface area contributed by atoms with Crippen LogP contribution in [0.4, 0.5) is 5.82 Å². The molecule has 0 spiro atoms. The van der Waals surface area contributed by atoms with Gasteiger partial charge in [0.25, 0.3) is 0 Å². The van der Waals surface area contributed by atoms with E-state index in [0.29, 0.717) is 12.3 Å². The molecule has 7 nitrogen and oxygen atoms in total. The Morgan fingerprint density at radius 2 is 2.29 bits per heavy atom. The second kappa shape index (κ2) is 6.00. The first kappa shape index (κ1) is 13.2. The van der Waals surface area contributed by atoms with Crippen molar-refractivity contribution in [3.63, 3.8) is 0 Å². The third kappa shape index (κ3) is 3.56. The highest BCUT2D eigenvalue weighted by molar-refractivity contribution is 6.39. The molecular weight excluding hydrogens is 226 g/mol. The van der Waals surface area contributed by atoms with Crippen molar-refractivity contribution in [3.05, 3.63) is 11.8 Å². The largest absolute Gasteiger partial charge is 0.395 e. The minimum absolute atomic E-state index is 0.126. The second-order valence-electron chi connectivity index (χ2n) is 3.39. The summed E-state index contributed by atoms with van der Waals surface area (Å²) in [5.41, 5.74) is 0. The minimum atomic E-state index is -0.798. The van der Waals surface area contributed by atoms with Crippen LogP contribution in [0, 0.1) is 6.92 Å². The van der Waals surface area contributed by atoms with Crippen LogP contribution >= 0.6 is 0 Å². The van der Waals surface area contributed by atoms with Crippen molar-refractivity contribution >= 4 is 17.6 Å². The average molecular weight is 241 g/mol. The predicted molar refractivity (Wildman–Crippen MR) is 59.2 cm³/mol. The summed E-state index contributed by atoms with van der Waals surface area (Å²) in [6.07, 6.45) is 0. The van der Waals surface area contributed by atoms with Gasteiger partial charge in [-0.25, -0.2) is 0 Å². The lowest BCUT2D eigenvalue weighted by Gasteiger charge is -2.18. The van der Waals surface area contributed by atoms with Gasteiger partial charge in [-0.1, -0.05) is 5.16 Å². The van der Waals surface area contributed by atoms with Crippen LogP contribution in [0.25, 0.3) is 0 Å². The molecule has 0 radical (unpaired) electrons. The number of likely N-dealkylation sites (N-methyl/N-ethyl adjacent to an activating group) is 1. The molecule has 7 heteroatoms. The first-order chi connectivity index (χ1) is 8.08. The average Bonchev–Trinajstić information content (AvgIpc) is 2.70. The van der Waals surface area contributed by atoms with E-state index in [0.717, 1.165) is 0 Å². The zero-order valence-corrected chi connectivity index (χ0v) is 9.77. The normalized spacial score (nSPS) is 10.1. The van der Waals surface area contributed by atoms with E-state index in [1.165, 1.54) is 11.0 Å². The number of rotatable bonds is 4. The molecule has 1 aromatic heterocycles. The van der Waals surface area contributed by atoms with Gasteiger partial charge < -0.3 is 14.5 Å². The maximum Gasteiger partial charge on any atom is 0.315 e. The number of aryl methyl sites for hydroxylation is 1. The van der Waals surface area contributed by atoms with E-state index in [1.807, 2.05) is 0 Å². The number of aromatic nitrogens is 1. The zero-order chi connectivity index (χ0) is 12.8. The lowest BCUT2D eigenvalue weighted by Crippen LogP contribution is -2.41. The molecule has 2 N–H and O–H groups in total. The van der Waals surface area contributed by atoms with E-state index in [9.17, 15) is 9.59 Å². The lowest BCUT2D eigenvalue weighted by molar-refractivity contribution is -0.143. The van der Waals surface area contributed by atoms with E-state index in [1.54, 1.807) is 13.8 Å². The summed E-state index contributed by atoms with van der Waals surface area (Å²) in [4.78, 5) is 24.4. The Hall–Kier alpha value is -1.89. The van der Waals surface area contributed by atoms with Crippen molar-refractivity contribution < 1.29 is 19.2 Å². The van der Waals surface area contributed by atoms with Crippen LogP contribution in [0.2, 0.25) is 0 Å². The van der Waals surface area contributed by atoms with E-state index in [-0.39, 0.29) is 19.0 Å². The fraction of sp³-hybridized carbons (Fsp3) is 0.500. The quantitative estimate of drug-likeness (QED) is 0.709. The van der Waals surface area contributed by atoms with Crippen LogP contribution in [0.15, 0.2) is 10.6 Å². The predicted octanol–water partition coefficient (Wildman–Crippen LogP) is -0.238. The fourth-order valence-electron chi connectivity index (χ4n) is 1.26. The number of nitrogens with one attached hydrogen (secondary N) is 1. The molecule has 0 atom stereocenters. The van der Waals surface area contributed by atoms with Crippen LogP contribution in [0.1, 0.15) is 12.7 Å². The highest BCUT2D eigenvalue weighted by Gasteiger charge is 2.21. The van der Waals surface area contributed by atoms with Crippen LogP contribution in [-0.4, -0.2) is 46.7 Å². The number of aliphatic hydroxyl groups is 1. The Morgan fingerprint density at radius 1 is 1.59 bits per heavy atom. The first-order valence-corrected chi connectivity index (χ1v) is 5.23. The Bertz CT molecular complexity index is 402. The van der Waals surface area contributed by atoms with Crippen LogP contribution in [0.5, 0.6) is 0 Å². The van der Waals surface area contributed by atoms with Gasteiger partial charge in [-0.3, -0.25) is 14.9 Å². The molecule has 0 aliphatic rings. The van der Waals surface area contributed by atoms with Gasteiger partial charge in [0.2, 0.25) is 0 Å². The van der Waals surface area contributed by atoms with Gasteiger partial charge in [-0.15, -0.1) is 0 Å². The summed E-state index contributed by atoms with van der Waals surface area (Å²) in [5.74, 6) is -0.771. The molecule has 2 amide bonds. The number of hydrogen-bond donors (Lipinski definition) is 2. The monoisotopic (exact) mass is 241 g/mol. The third-order valence-corrected chi connectivity index (χ3v) is 2.10. The van der Waals surface area contributed by atoms with Crippen LogP contribution in [0.3, 0.4) is 0 Å². The molecule has 0 aliphatic heterocycles. The standard InChI is InChI=1S/C10H15N3O4/c1-3-13(4-5-14)10(16)9(15)11-8-6-7(2)17-12-8/h6,14H,3-5H2,1-2H3,(H,11,12,15). The molecule has 0 bridgehead atoms. The summed E-state index contributed by atoms with van der Waals surface area (Å²) < 4.78 is 4.75. The Morgan fingerprint density at radius 3 is 2.76 bits per heavy atom. The summed E-state index contributed by atoms with van der Waals surface area (Å²) in [7, 11) is 0. The highest BCUT2D eigenvalue weighted by atomic mass is 16.5. The molecule has 0 saturated heterocycles. The summed E-state index contributed by atoms with van der Waals surface area (Å²) >= 11 is 0. The number of carbonyl (C=O) groups excluding carboxylic acids is 2. The molecule has 17 heavy (non-hydrogen) atoms. The molecule has 0 aliphatic carbocycles. The topological polar surface area (TPSA) is 95.7 Å².